The summed E-state index contributed by atoms with van der Waals surface area (Å²) in [6, 6.07) is 20.1. The largest absolute Gasteiger partial charge is 0.325 e. The number of carbonyl (C=O) groups is 3. The molecule has 0 unspecified atom stereocenters. The molecule has 4 rings (SSSR count). The molecule has 0 bridgehead atoms. The van der Waals surface area contributed by atoms with E-state index < -0.39 is 0 Å². The Hall–Kier alpha value is -3.57. The molecule has 0 heterocycles. The molecule has 31 heavy (non-hydrogen) atoms. The van der Waals surface area contributed by atoms with Crippen molar-refractivity contribution in [1.29, 1.82) is 0 Å². The van der Waals surface area contributed by atoms with Crippen molar-refractivity contribution in [1.82, 2.24) is 4.90 Å². The van der Waals surface area contributed by atoms with Gasteiger partial charge in [-0.25, -0.2) is 0 Å². The van der Waals surface area contributed by atoms with Crippen LogP contribution in [0.2, 0.25) is 0 Å². The van der Waals surface area contributed by atoms with Gasteiger partial charge in [0.2, 0.25) is 5.91 Å². The molecule has 5 heteroatoms. The Labute approximate surface area is 181 Å². The Balaban J connectivity index is 1.43. The first kappa shape index (κ1) is 20.7. The van der Waals surface area contributed by atoms with Crippen molar-refractivity contribution in [3.8, 4) is 0 Å². The summed E-state index contributed by atoms with van der Waals surface area (Å²) in [5.41, 5.74) is 4.45. The lowest BCUT2D eigenvalue weighted by Gasteiger charge is -2.19. The van der Waals surface area contributed by atoms with E-state index in [0.717, 1.165) is 12.0 Å². The Morgan fingerprint density at radius 2 is 1.39 bits per heavy atom. The van der Waals surface area contributed by atoms with Gasteiger partial charge in [0.1, 0.15) is 0 Å². The van der Waals surface area contributed by atoms with Crippen molar-refractivity contribution in [2.24, 2.45) is 0 Å². The van der Waals surface area contributed by atoms with E-state index in [4.69, 9.17) is 0 Å². The highest BCUT2D eigenvalue weighted by molar-refractivity contribution is 6.28. The second kappa shape index (κ2) is 8.66. The molecule has 0 fully saturated rings. The van der Waals surface area contributed by atoms with E-state index in [1.165, 1.54) is 5.56 Å². The number of aryl methyl sites for hydroxylation is 1. The standard InChI is InChI=1S/C26H24N2O3/c1-3-17-8-10-18(11-9-17)15-28(2)16-24(29)27-19-12-13-22-23(14-19)26(31)21-7-5-4-6-20(21)25(22)30/h4-14H,3,15-16H2,1-2H3,(H,27,29). The number of fused-ring (bicyclic) bond motifs is 2. The van der Waals surface area contributed by atoms with E-state index in [1.807, 2.05) is 11.9 Å². The van der Waals surface area contributed by atoms with Gasteiger partial charge in [0, 0.05) is 34.5 Å². The van der Waals surface area contributed by atoms with Crippen LogP contribution in [0.25, 0.3) is 0 Å². The van der Waals surface area contributed by atoms with Gasteiger partial charge in [-0.05, 0) is 42.8 Å². The van der Waals surface area contributed by atoms with Crippen LogP contribution in [-0.2, 0) is 17.8 Å². The zero-order valence-corrected chi connectivity index (χ0v) is 17.6. The molecule has 3 aromatic carbocycles. The predicted molar refractivity (Wildman–Crippen MR) is 121 cm³/mol. The minimum absolute atomic E-state index is 0.170. The van der Waals surface area contributed by atoms with E-state index in [1.54, 1.807) is 42.5 Å². The first-order valence-electron chi connectivity index (χ1n) is 10.3. The molecule has 0 atom stereocenters. The van der Waals surface area contributed by atoms with Crippen LogP contribution in [0, 0.1) is 0 Å². The summed E-state index contributed by atoms with van der Waals surface area (Å²) >= 11 is 0. The highest BCUT2D eigenvalue weighted by Gasteiger charge is 2.29. The molecule has 1 aliphatic carbocycles. The molecule has 5 nitrogen and oxygen atoms in total. The van der Waals surface area contributed by atoms with E-state index >= 15 is 0 Å². The van der Waals surface area contributed by atoms with Crippen LogP contribution < -0.4 is 5.32 Å². The third-order valence-corrected chi connectivity index (χ3v) is 5.51. The number of carbonyl (C=O) groups excluding carboxylic acids is 3. The Bertz CT molecular complexity index is 1170. The first-order valence-corrected chi connectivity index (χ1v) is 10.3. The summed E-state index contributed by atoms with van der Waals surface area (Å²) < 4.78 is 0. The quantitative estimate of drug-likeness (QED) is 0.518. The molecule has 1 N–H and O–H groups in total. The summed E-state index contributed by atoms with van der Waals surface area (Å²) in [5.74, 6) is -0.548. The fourth-order valence-electron chi connectivity index (χ4n) is 3.87. The normalized spacial score (nSPS) is 12.5. The number of rotatable bonds is 6. The number of likely N-dealkylation sites (N-methyl/N-ethyl adjacent to an activating group) is 1. The zero-order valence-electron chi connectivity index (χ0n) is 17.6. The van der Waals surface area contributed by atoms with Crippen LogP contribution in [0.4, 0.5) is 5.69 Å². The molecule has 0 radical (unpaired) electrons. The smallest absolute Gasteiger partial charge is 0.238 e. The molecule has 0 spiro atoms. The minimum atomic E-state index is -0.200. The Morgan fingerprint density at radius 1 is 0.806 bits per heavy atom. The summed E-state index contributed by atoms with van der Waals surface area (Å²) in [5, 5.41) is 2.84. The summed E-state index contributed by atoms with van der Waals surface area (Å²) in [7, 11) is 1.89. The van der Waals surface area contributed by atoms with E-state index in [-0.39, 0.29) is 24.0 Å². The van der Waals surface area contributed by atoms with E-state index in [9.17, 15) is 14.4 Å². The van der Waals surface area contributed by atoms with Gasteiger partial charge in [0.25, 0.3) is 0 Å². The van der Waals surface area contributed by atoms with Crippen LogP contribution in [0.1, 0.15) is 49.9 Å². The molecule has 3 aromatic rings. The lowest BCUT2D eigenvalue weighted by molar-refractivity contribution is -0.117. The van der Waals surface area contributed by atoms with Crippen LogP contribution in [-0.4, -0.2) is 36.0 Å². The Kier molecular flexibility index (Phi) is 5.78. The minimum Gasteiger partial charge on any atom is -0.325 e. The predicted octanol–water partition coefficient (Wildman–Crippen LogP) is 4.09. The SMILES string of the molecule is CCc1ccc(CN(C)CC(=O)Nc2ccc3c(c2)C(=O)c2ccccc2C3=O)cc1. The number of nitrogens with zero attached hydrogens (tertiary/aromatic N) is 1. The van der Waals surface area contributed by atoms with E-state index in [0.29, 0.717) is 34.5 Å². The van der Waals surface area contributed by atoms with Gasteiger partial charge in [-0.3, -0.25) is 19.3 Å². The zero-order chi connectivity index (χ0) is 22.0. The Morgan fingerprint density at radius 3 is 2.03 bits per heavy atom. The molecule has 1 aliphatic rings. The maximum absolute atomic E-state index is 12.8. The van der Waals surface area contributed by atoms with Crippen molar-refractivity contribution in [2.45, 2.75) is 19.9 Å². The number of amides is 1. The van der Waals surface area contributed by atoms with Gasteiger partial charge >= 0.3 is 0 Å². The molecule has 0 aliphatic heterocycles. The number of nitrogens with one attached hydrogen (secondary N) is 1. The lowest BCUT2D eigenvalue weighted by atomic mass is 9.84. The van der Waals surface area contributed by atoms with Gasteiger partial charge in [-0.1, -0.05) is 55.5 Å². The monoisotopic (exact) mass is 412 g/mol. The maximum Gasteiger partial charge on any atom is 0.238 e. The van der Waals surface area contributed by atoms with Crippen molar-refractivity contribution in [3.63, 3.8) is 0 Å². The van der Waals surface area contributed by atoms with Crippen LogP contribution in [0.15, 0.2) is 66.7 Å². The van der Waals surface area contributed by atoms with Gasteiger partial charge in [0.05, 0.1) is 6.54 Å². The van der Waals surface area contributed by atoms with Crippen molar-refractivity contribution < 1.29 is 14.4 Å². The molecular weight excluding hydrogens is 388 g/mol. The molecule has 1 amide bonds. The van der Waals surface area contributed by atoms with Gasteiger partial charge < -0.3 is 5.32 Å². The third-order valence-electron chi connectivity index (χ3n) is 5.51. The number of benzene rings is 3. The second-order valence-electron chi connectivity index (χ2n) is 7.85. The first-order chi connectivity index (χ1) is 15.0. The van der Waals surface area contributed by atoms with Crippen molar-refractivity contribution in [2.75, 3.05) is 18.9 Å². The topological polar surface area (TPSA) is 66.5 Å². The maximum atomic E-state index is 12.8. The fraction of sp³-hybridized carbons (Fsp3) is 0.192. The number of ketones is 2. The highest BCUT2D eigenvalue weighted by Crippen LogP contribution is 2.29. The van der Waals surface area contributed by atoms with Gasteiger partial charge in [-0.15, -0.1) is 0 Å². The van der Waals surface area contributed by atoms with Crippen LogP contribution >= 0.6 is 0 Å². The average molecular weight is 412 g/mol. The lowest BCUT2D eigenvalue weighted by Crippen LogP contribution is -2.30. The molecule has 0 aromatic heterocycles. The average Bonchev–Trinajstić information content (AvgIpc) is 2.77. The van der Waals surface area contributed by atoms with E-state index in [2.05, 4.69) is 36.5 Å². The highest BCUT2D eigenvalue weighted by atomic mass is 16.2. The van der Waals surface area contributed by atoms with Gasteiger partial charge in [0.15, 0.2) is 11.6 Å². The van der Waals surface area contributed by atoms with Crippen molar-refractivity contribution in [3.05, 3.63) is 100 Å². The third kappa shape index (κ3) is 4.32. The summed E-state index contributed by atoms with van der Waals surface area (Å²) in [6.45, 7) is 2.99. The molecule has 0 saturated heterocycles. The van der Waals surface area contributed by atoms with Crippen LogP contribution in [0.5, 0.6) is 0 Å². The number of hydrogen-bond donors (Lipinski definition) is 1. The second-order valence-corrected chi connectivity index (χ2v) is 7.85. The molecule has 0 saturated carbocycles. The van der Waals surface area contributed by atoms with Crippen LogP contribution in [0.3, 0.4) is 0 Å². The fourth-order valence-corrected chi connectivity index (χ4v) is 3.87. The molecular formula is C26H24N2O3. The number of anilines is 1. The molecule has 156 valence electrons. The summed E-state index contributed by atoms with van der Waals surface area (Å²) in [4.78, 5) is 40.0. The number of hydrogen-bond acceptors (Lipinski definition) is 4. The summed E-state index contributed by atoms with van der Waals surface area (Å²) in [6.07, 6.45) is 0.999. The van der Waals surface area contributed by atoms with Crippen molar-refractivity contribution >= 4 is 23.2 Å². The van der Waals surface area contributed by atoms with Gasteiger partial charge in [-0.2, -0.15) is 0 Å².